The minimum absolute atomic E-state index is 0.246. The third-order valence-electron chi connectivity index (χ3n) is 2.48. The van der Waals surface area contributed by atoms with Crippen LogP contribution in [-0.4, -0.2) is 9.55 Å². The lowest BCUT2D eigenvalue weighted by atomic mass is 10.2. The van der Waals surface area contributed by atoms with Crippen molar-refractivity contribution in [2.24, 2.45) is 0 Å². The quantitative estimate of drug-likeness (QED) is 0.760. The van der Waals surface area contributed by atoms with Crippen molar-refractivity contribution >= 4 is 11.6 Å². The highest BCUT2D eigenvalue weighted by Crippen LogP contribution is 2.27. The number of nitrogens with zero attached hydrogens (tertiary/aromatic N) is 2. The fourth-order valence-corrected chi connectivity index (χ4v) is 1.77. The summed E-state index contributed by atoms with van der Waals surface area (Å²) >= 11 is 6.10. The Labute approximate surface area is 103 Å². The van der Waals surface area contributed by atoms with E-state index in [4.69, 9.17) is 11.6 Å². The van der Waals surface area contributed by atoms with E-state index in [2.05, 4.69) is 4.98 Å². The zero-order valence-electron chi connectivity index (χ0n) is 9.20. The minimum Gasteiger partial charge on any atom is -0.314 e. The number of imidazole rings is 1. The molecule has 5 heteroatoms. The first kappa shape index (κ1) is 12.0. The lowest BCUT2D eigenvalue weighted by Gasteiger charge is -2.12. The van der Waals surface area contributed by atoms with Crippen molar-refractivity contribution in [1.29, 1.82) is 0 Å². The molecule has 0 spiro atoms. The first-order valence-electron chi connectivity index (χ1n) is 5.25. The van der Waals surface area contributed by atoms with Gasteiger partial charge in [-0.25, -0.2) is 13.8 Å². The fraction of sp³-hybridized carbons (Fsp3) is 0.250. The lowest BCUT2D eigenvalue weighted by molar-refractivity contribution is 0.582. The number of aromatic nitrogens is 2. The van der Waals surface area contributed by atoms with E-state index in [1.807, 2.05) is 6.92 Å². The van der Waals surface area contributed by atoms with Crippen LogP contribution in [0.5, 0.6) is 0 Å². The second kappa shape index (κ2) is 4.84. The average molecular weight is 257 g/mol. The van der Waals surface area contributed by atoms with Crippen LogP contribution in [0.3, 0.4) is 0 Å². The number of alkyl halides is 1. The molecule has 2 rings (SSSR count). The zero-order valence-corrected chi connectivity index (χ0v) is 9.96. The number of hydrogen-bond donors (Lipinski definition) is 0. The highest BCUT2D eigenvalue weighted by molar-refractivity contribution is 6.19. The molecule has 0 amide bonds. The van der Waals surface area contributed by atoms with Gasteiger partial charge in [-0.3, -0.25) is 0 Å². The highest BCUT2D eigenvalue weighted by Gasteiger charge is 2.15. The molecule has 1 atom stereocenters. The molecule has 0 saturated heterocycles. The van der Waals surface area contributed by atoms with E-state index in [1.165, 1.54) is 12.1 Å². The van der Waals surface area contributed by atoms with Crippen LogP contribution >= 0.6 is 11.6 Å². The summed E-state index contributed by atoms with van der Waals surface area (Å²) in [6.07, 6.45) is 3.91. The van der Waals surface area contributed by atoms with E-state index in [9.17, 15) is 8.78 Å². The molecule has 0 aliphatic rings. The van der Waals surface area contributed by atoms with Crippen molar-refractivity contribution in [2.75, 3.05) is 0 Å². The van der Waals surface area contributed by atoms with Gasteiger partial charge in [0.15, 0.2) is 0 Å². The molecule has 2 nitrogen and oxygen atoms in total. The van der Waals surface area contributed by atoms with E-state index < -0.39 is 11.6 Å². The van der Waals surface area contributed by atoms with Gasteiger partial charge in [0, 0.05) is 18.5 Å². The molecule has 0 aliphatic heterocycles. The Kier molecular flexibility index (Phi) is 3.43. The summed E-state index contributed by atoms with van der Waals surface area (Å²) in [4.78, 5) is 4.06. The standard InChI is InChI=1S/C12H11ClF2N2/c1-2-11(13)17-6-5-16-12(17)9-4-3-8(14)7-10(9)15/h3-7,11H,2H2,1H3. The van der Waals surface area contributed by atoms with Gasteiger partial charge in [0.1, 0.15) is 23.0 Å². The molecule has 0 N–H and O–H groups in total. The third kappa shape index (κ3) is 2.31. The van der Waals surface area contributed by atoms with Crippen molar-refractivity contribution in [3.05, 3.63) is 42.2 Å². The first-order chi connectivity index (χ1) is 8.13. The van der Waals surface area contributed by atoms with Gasteiger partial charge in [-0.05, 0) is 18.6 Å². The lowest BCUT2D eigenvalue weighted by Crippen LogP contribution is -2.03. The van der Waals surface area contributed by atoms with Crippen molar-refractivity contribution in [2.45, 2.75) is 18.8 Å². The molecule has 0 saturated carbocycles. The molecular weight excluding hydrogens is 246 g/mol. The Morgan fingerprint density at radius 2 is 2.18 bits per heavy atom. The number of hydrogen-bond acceptors (Lipinski definition) is 1. The minimum atomic E-state index is -0.641. The monoisotopic (exact) mass is 256 g/mol. The summed E-state index contributed by atoms with van der Waals surface area (Å²) in [5.41, 5.74) is -0.0487. The Morgan fingerprint density at radius 1 is 1.41 bits per heavy atom. The molecule has 1 heterocycles. The van der Waals surface area contributed by atoms with Crippen molar-refractivity contribution < 1.29 is 8.78 Å². The molecule has 0 fully saturated rings. The molecule has 0 aliphatic carbocycles. The molecule has 2 aromatic rings. The summed E-state index contributed by atoms with van der Waals surface area (Å²) in [5, 5.41) is 0. The summed E-state index contributed by atoms with van der Waals surface area (Å²) in [6.45, 7) is 1.92. The maximum atomic E-state index is 13.6. The van der Waals surface area contributed by atoms with Gasteiger partial charge < -0.3 is 4.57 Å². The molecule has 17 heavy (non-hydrogen) atoms. The van der Waals surface area contributed by atoms with Crippen LogP contribution in [0, 0.1) is 11.6 Å². The normalized spacial score (nSPS) is 12.7. The Balaban J connectivity index is 2.50. The average Bonchev–Trinajstić information content (AvgIpc) is 2.77. The van der Waals surface area contributed by atoms with E-state index in [0.717, 1.165) is 6.07 Å². The molecule has 0 radical (unpaired) electrons. The van der Waals surface area contributed by atoms with Crippen molar-refractivity contribution in [3.8, 4) is 11.4 Å². The van der Waals surface area contributed by atoms with Crippen LogP contribution in [0.25, 0.3) is 11.4 Å². The first-order valence-corrected chi connectivity index (χ1v) is 5.69. The number of rotatable bonds is 3. The van der Waals surface area contributed by atoms with Gasteiger partial charge in [-0.15, -0.1) is 0 Å². The largest absolute Gasteiger partial charge is 0.314 e. The molecule has 90 valence electrons. The van der Waals surface area contributed by atoms with Gasteiger partial charge in [0.05, 0.1) is 5.56 Å². The van der Waals surface area contributed by atoms with Crippen LogP contribution in [0.2, 0.25) is 0 Å². The van der Waals surface area contributed by atoms with Crippen molar-refractivity contribution in [1.82, 2.24) is 9.55 Å². The fourth-order valence-electron chi connectivity index (χ4n) is 1.62. The number of halogens is 3. The third-order valence-corrected chi connectivity index (χ3v) is 3.00. The topological polar surface area (TPSA) is 17.8 Å². The van der Waals surface area contributed by atoms with Gasteiger partial charge in [0.2, 0.25) is 0 Å². The maximum Gasteiger partial charge on any atom is 0.144 e. The van der Waals surface area contributed by atoms with E-state index >= 15 is 0 Å². The summed E-state index contributed by atoms with van der Waals surface area (Å²) in [6, 6.07) is 3.40. The molecule has 0 bridgehead atoms. The second-order valence-corrected chi connectivity index (χ2v) is 4.13. The zero-order chi connectivity index (χ0) is 12.4. The van der Waals surface area contributed by atoms with Crippen LogP contribution in [-0.2, 0) is 0 Å². The molecular formula is C12H11ClF2N2. The van der Waals surface area contributed by atoms with E-state index in [1.54, 1.807) is 17.0 Å². The predicted molar refractivity (Wildman–Crippen MR) is 62.8 cm³/mol. The second-order valence-electron chi connectivity index (χ2n) is 3.63. The Bertz CT molecular complexity index is 525. The Morgan fingerprint density at radius 3 is 2.82 bits per heavy atom. The maximum absolute atomic E-state index is 13.6. The van der Waals surface area contributed by atoms with Gasteiger partial charge in [-0.2, -0.15) is 0 Å². The van der Waals surface area contributed by atoms with Crippen LogP contribution in [0.4, 0.5) is 8.78 Å². The van der Waals surface area contributed by atoms with Crippen LogP contribution in [0.1, 0.15) is 18.8 Å². The predicted octanol–water partition coefficient (Wildman–Crippen LogP) is 3.98. The van der Waals surface area contributed by atoms with Crippen LogP contribution in [0.15, 0.2) is 30.6 Å². The molecule has 1 aromatic heterocycles. The number of benzene rings is 1. The van der Waals surface area contributed by atoms with Gasteiger partial charge >= 0.3 is 0 Å². The summed E-state index contributed by atoms with van der Waals surface area (Å²) in [7, 11) is 0. The summed E-state index contributed by atoms with van der Waals surface area (Å²) < 4.78 is 28.1. The molecule has 1 unspecified atom stereocenters. The smallest absolute Gasteiger partial charge is 0.144 e. The van der Waals surface area contributed by atoms with Gasteiger partial charge in [0.25, 0.3) is 0 Å². The van der Waals surface area contributed by atoms with E-state index in [-0.39, 0.29) is 11.1 Å². The van der Waals surface area contributed by atoms with Gasteiger partial charge in [-0.1, -0.05) is 18.5 Å². The van der Waals surface area contributed by atoms with Crippen molar-refractivity contribution in [3.63, 3.8) is 0 Å². The SMILES string of the molecule is CCC(Cl)n1ccnc1-c1ccc(F)cc1F. The Hall–Kier alpha value is -1.42. The highest BCUT2D eigenvalue weighted by atomic mass is 35.5. The molecule has 1 aromatic carbocycles. The summed E-state index contributed by atoms with van der Waals surface area (Å²) in [5.74, 6) is -0.843. The van der Waals surface area contributed by atoms with E-state index in [0.29, 0.717) is 12.2 Å². The van der Waals surface area contributed by atoms with Crippen LogP contribution < -0.4 is 0 Å².